The van der Waals surface area contributed by atoms with Crippen LogP contribution in [-0.4, -0.2) is 15.4 Å². The topological polar surface area (TPSA) is 29.3 Å². The number of rotatable bonds is 5. The van der Waals surface area contributed by atoms with Gasteiger partial charge in [-0.1, -0.05) is 35.9 Å². The van der Waals surface area contributed by atoms with Gasteiger partial charge in [0, 0.05) is 30.0 Å². The highest BCUT2D eigenvalue weighted by Crippen LogP contribution is 2.16. The highest BCUT2D eigenvalue weighted by atomic mass is 35.5. The van der Waals surface area contributed by atoms with Gasteiger partial charge in [-0.25, -0.2) is 4.98 Å². The maximum atomic E-state index is 6.20. The van der Waals surface area contributed by atoms with Crippen molar-refractivity contribution >= 4 is 17.2 Å². The Kier molecular flexibility index (Phi) is 4.23. The standard InChI is InChI=1S/C17H18ClN3/c1-13(10-14-6-2-3-7-16(14)18)19-11-15-12-21-9-5-4-8-17(21)20-15/h2-9,12-13,19H,10-11H2,1H3. The quantitative estimate of drug-likeness (QED) is 0.778. The number of hydrogen-bond acceptors (Lipinski definition) is 2. The van der Waals surface area contributed by atoms with Crippen LogP contribution in [0.3, 0.4) is 0 Å². The maximum absolute atomic E-state index is 6.20. The van der Waals surface area contributed by atoms with Crippen molar-refractivity contribution in [3.63, 3.8) is 0 Å². The van der Waals surface area contributed by atoms with Crippen LogP contribution in [-0.2, 0) is 13.0 Å². The molecule has 0 aliphatic heterocycles. The van der Waals surface area contributed by atoms with Crippen molar-refractivity contribution in [2.75, 3.05) is 0 Å². The van der Waals surface area contributed by atoms with Gasteiger partial charge in [0.15, 0.2) is 0 Å². The molecule has 1 unspecified atom stereocenters. The van der Waals surface area contributed by atoms with Gasteiger partial charge in [0.1, 0.15) is 5.65 Å². The fourth-order valence-corrected chi connectivity index (χ4v) is 2.63. The highest BCUT2D eigenvalue weighted by Gasteiger charge is 2.07. The highest BCUT2D eigenvalue weighted by molar-refractivity contribution is 6.31. The summed E-state index contributed by atoms with van der Waals surface area (Å²) in [5.74, 6) is 0. The van der Waals surface area contributed by atoms with E-state index in [1.165, 1.54) is 5.56 Å². The summed E-state index contributed by atoms with van der Waals surface area (Å²) >= 11 is 6.20. The van der Waals surface area contributed by atoms with Crippen molar-refractivity contribution in [3.05, 3.63) is 71.1 Å². The monoisotopic (exact) mass is 299 g/mol. The van der Waals surface area contributed by atoms with Gasteiger partial charge in [0.2, 0.25) is 0 Å². The number of aromatic nitrogens is 2. The zero-order chi connectivity index (χ0) is 14.7. The molecule has 0 amide bonds. The van der Waals surface area contributed by atoms with Crippen molar-refractivity contribution in [2.24, 2.45) is 0 Å². The van der Waals surface area contributed by atoms with Gasteiger partial charge in [-0.15, -0.1) is 0 Å². The maximum Gasteiger partial charge on any atom is 0.137 e. The Bertz CT molecular complexity index is 702. The molecule has 1 N–H and O–H groups in total. The minimum atomic E-state index is 0.342. The van der Waals surface area contributed by atoms with Gasteiger partial charge in [-0.2, -0.15) is 0 Å². The molecular weight excluding hydrogens is 282 g/mol. The molecule has 0 saturated carbocycles. The van der Waals surface area contributed by atoms with E-state index in [1.807, 2.05) is 47.0 Å². The molecule has 0 fully saturated rings. The van der Waals surface area contributed by atoms with Gasteiger partial charge >= 0.3 is 0 Å². The predicted molar refractivity (Wildman–Crippen MR) is 86.6 cm³/mol. The third-order valence-electron chi connectivity index (χ3n) is 3.53. The van der Waals surface area contributed by atoms with Crippen LogP contribution in [0.5, 0.6) is 0 Å². The smallest absolute Gasteiger partial charge is 0.137 e. The third kappa shape index (κ3) is 3.43. The second kappa shape index (κ2) is 6.29. The number of halogens is 1. The molecule has 3 aromatic rings. The summed E-state index contributed by atoms with van der Waals surface area (Å²) in [6, 6.07) is 14.4. The Labute approximate surface area is 129 Å². The van der Waals surface area contributed by atoms with Gasteiger partial charge in [-0.05, 0) is 37.1 Å². The average molecular weight is 300 g/mol. The second-order valence-electron chi connectivity index (χ2n) is 5.28. The normalized spacial score (nSPS) is 12.7. The summed E-state index contributed by atoms with van der Waals surface area (Å²) in [5.41, 5.74) is 3.20. The lowest BCUT2D eigenvalue weighted by Gasteiger charge is -2.13. The lowest BCUT2D eigenvalue weighted by Crippen LogP contribution is -2.27. The largest absolute Gasteiger partial charge is 0.308 e. The van der Waals surface area contributed by atoms with Gasteiger partial charge in [0.25, 0.3) is 0 Å². The van der Waals surface area contributed by atoms with Gasteiger partial charge < -0.3 is 9.72 Å². The van der Waals surface area contributed by atoms with Crippen LogP contribution >= 0.6 is 11.6 Å². The molecule has 1 atom stereocenters. The third-order valence-corrected chi connectivity index (χ3v) is 3.90. The van der Waals surface area contributed by atoms with Gasteiger partial charge in [-0.3, -0.25) is 0 Å². The molecule has 108 valence electrons. The van der Waals surface area contributed by atoms with E-state index in [1.54, 1.807) is 0 Å². The molecule has 3 nitrogen and oxygen atoms in total. The van der Waals surface area contributed by atoms with E-state index in [0.29, 0.717) is 6.04 Å². The molecule has 2 heterocycles. The summed E-state index contributed by atoms with van der Waals surface area (Å²) in [4.78, 5) is 4.58. The van der Waals surface area contributed by atoms with E-state index in [4.69, 9.17) is 11.6 Å². The Morgan fingerprint density at radius 3 is 2.81 bits per heavy atom. The van der Waals surface area contributed by atoms with Crippen molar-refractivity contribution in [1.82, 2.24) is 14.7 Å². The summed E-state index contributed by atoms with van der Waals surface area (Å²) in [6.07, 6.45) is 4.98. The molecule has 0 radical (unpaired) electrons. The lowest BCUT2D eigenvalue weighted by molar-refractivity contribution is 0.541. The molecule has 0 aliphatic carbocycles. The zero-order valence-corrected chi connectivity index (χ0v) is 12.7. The number of hydrogen-bond donors (Lipinski definition) is 1. The van der Waals surface area contributed by atoms with E-state index in [0.717, 1.165) is 29.3 Å². The van der Waals surface area contributed by atoms with Crippen LogP contribution in [0.2, 0.25) is 5.02 Å². The Morgan fingerprint density at radius 1 is 1.19 bits per heavy atom. The number of fused-ring (bicyclic) bond motifs is 1. The van der Waals surface area contributed by atoms with Crippen molar-refractivity contribution < 1.29 is 0 Å². The van der Waals surface area contributed by atoms with E-state index in [-0.39, 0.29) is 0 Å². The number of imidazole rings is 1. The van der Waals surface area contributed by atoms with Crippen molar-refractivity contribution in [3.8, 4) is 0 Å². The molecule has 4 heteroatoms. The molecule has 3 rings (SSSR count). The Balaban J connectivity index is 1.60. The molecule has 0 aliphatic rings. The molecule has 2 aromatic heterocycles. The summed E-state index contributed by atoms with van der Waals surface area (Å²) < 4.78 is 2.04. The average Bonchev–Trinajstić information content (AvgIpc) is 2.90. The van der Waals surface area contributed by atoms with E-state index < -0.39 is 0 Å². The van der Waals surface area contributed by atoms with Crippen LogP contribution in [0.4, 0.5) is 0 Å². The first kappa shape index (κ1) is 14.1. The van der Waals surface area contributed by atoms with Crippen LogP contribution in [0, 0.1) is 0 Å². The number of pyridine rings is 1. The molecule has 0 spiro atoms. The first-order chi connectivity index (χ1) is 10.2. The predicted octanol–water partition coefficient (Wildman–Crippen LogP) is 3.71. The van der Waals surface area contributed by atoms with Crippen LogP contribution in [0.1, 0.15) is 18.2 Å². The van der Waals surface area contributed by atoms with Crippen molar-refractivity contribution in [2.45, 2.75) is 25.9 Å². The fourth-order valence-electron chi connectivity index (χ4n) is 2.42. The summed E-state index contributed by atoms with van der Waals surface area (Å²) in [6.45, 7) is 2.92. The lowest BCUT2D eigenvalue weighted by atomic mass is 10.1. The second-order valence-corrected chi connectivity index (χ2v) is 5.68. The summed E-state index contributed by atoms with van der Waals surface area (Å²) in [5, 5.41) is 4.33. The van der Waals surface area contributed by atoms with E-state index >= 15 is 0 Å². The zero-order valence-electron chi connectivity index (χ0n) is 12.0. The molecule has 21 heavy (non-hydrogen) atoms. The SMILES string of the molecule is CC(Cc1ccccc1Cl)NCc1cn2ccccc2n1. The molecule has 0 saturated heterocycles. The van der Waals surface area contributed by atoms with Crippen LogP contribution in [0.15, 0.2) is 54.9 Å². The first-order valence-electron chi connectivity index (χ1n) is 7.12. The number of nitrogens with one attached hydrogen (secondary N) is 1. The Morgan fingerprint density at radius 2 is 2.00 bits per heavy atom. The van der Waals surface area contributed by atoms with Gasteiger partial charge in [0.05, 0.1) is 5.69 Å². The minimum Gasteiger partial charge on any atom is -0.308 e. The molecule has 0 bridgehead atoms. The number of benzene rings is 1. The first-order valence-corrected chi connectivity index (χ1v) is 7.49. The van der Waals surface area contributed by atoms with E-state index in [9.17, 15) is 0 Å². The van der Waals surface area contributed by atoms with Crippen LogP contribution in [0.25, 0.3) is 5.65 Å². The molecular formula is C17H18ClN3. The van der Waals surface area contributed by atoms with Crippen molar-refractivity contribution in [1.29, 1.82) is 0 Å². The fraction of sp³-hybridized carbons (Fsp3) is 0.235. The van der Waals surface area contributed by atoms with Crippen LogP contribution < -0.4 is 5.32 Å². The Hall–Kier alpha value is -1.84. The minimum absolute atomic E-state index is 0.342. The summed E-state index contributed by atoms with van der Waals surface area (Å²) in [7, 11) is 0. The molecule has 1 aromatic carbocycles. The van der Waals surface area contributed by atoms with E-state index in [2.05, 4.69) is 29.5 Å². The number of nitrogens with zero attached hydrogens (tertiary/aromatic N) is 2.